The Morgan fingerprint density at radius 2 is 1.86 bits per heavy atom. The van der Waals surface area contributed by atoms with Crippen molar-refractivity contribution in [2.24, 2.45) is 0 Å². The number of nitrogens with one attached hydrogen (secondary N) is 1. The van der Waals surface area contributed by atoms with Crippen molar-refractivity contribution in [3.63, 3.8) is 0 Å². The van der Waals surface area contributed by atoms with Crippen molar-refractivity contribution in [3.8, 4) is 11.3 Å². The molecule has 0 aliphatic carbocycles. The van der Waals surface area contributed by atoms with Crippen molar-refractivity contribution in [2.45, 2.75) is 25.4 Å². The number of nitrogens with zero attached hydrogens (tertiary/aromatic N) is 2. The highest BCUT2D eigenvalue weighted by Crippen LogP contribution is 2.31. The molecule has 2 aliphatic rings. The van der Waals surface area contributed by atoms with Gasteiger partial charge < -0.3 is 4.90 Å². The van der Waals surface area contributed by atoms with Crippen LogP contribution in [0.15, 0.2) is 48.5 Å². The van der Waals surface area contributed by atoms with Gasteiger partial charge in [-0.05, 0) is 42.3 Å². The Hall–Kier alpha value is -3.25. The summed E-state index contributed by atoms with van der Waals surface area (Å²) in [6.07, 6.45) is 0.593. The fourth-order valence-electron chi connectivity index (χ4n) is 3.98. The molecule has 0 spiro atoms. The molecule has 144 valence electrons. The maximum atomic E-state index is 12.8. The Bertz CT molecular complexity index is 1210. The Morgan fingerprint density at radius 3 is 2.69 bits per heavy atom. The number of imide groups is 1. The molecule has 29 heavy (non-hydrogen) atoms. The summed E-state index contributed by atoms with van der Waals surface area (Å²) in [5, 5.41) is 3.94. The van der Waals surface area contributed by atoms with E-state index in [1.807, 2.05) is 42.5 Å². The lowest BCUT2D eigenvalue weighted by Crippen LogP contribution is -2.52. The molecule has 5 rings (SSSR count). The van der Waals surface area contributed by atoms with E-state index in [0.717, 1.165) is 27.7 Å². The number of carbonyl (C=O) groups excluding carboxylic acids is 3. The van der Waals surface area contributed by atoms with Crippen LogP contribution in [0.25, 0.3) is 22.2 Å². The Kier molecular flexibility index (Phi) is 4.10. The highest BCUT2D eigenvalue weighted by molar-refractivity contribution is 6.31. The zero-order valence-corrected chi connectivity index (χ0v) is 16.1. The van der Waals surface area contributed by atoms with Gasteiger partial charge in [0.05, 0.1) is 11.2 Å². The first-order valence-electron chi connectivity index (χ1n) is 9.34. The first kappa shape index (κ1) is 17.8. The summed E-state index contributed by atoms with van der Waals surface area (Å²) in [6.45, 7) is 0.341. The quantitative estimate of drug-likeness (QED) is 0.663. The molecule has 2 aliphatic heterocycles. The number of amides is 3. The first-order valence-corrected chi connectivity index (χ1v) is 9.72. The van der Waals surface area contributed by atoms with Crippen LogP contribution in [0.3, 0.4) is 0 Å². The molecule has 1 N–H and O–H groups in total. The average Bonchev–Trinajstić information content (AvgIpc) is 3.03. The van der Waals surface area contributed by atoms with Crippen molar-refractivity contribution < 1.29 is 14.4 Å². The number of pyridine rings is 1. The van der Waals surface area contributed by atoms with Crippen LogP contribution in [0.4, 0.5) is 0 Å². The zero-order chi connectivity index (χ0) is 20.1. The minimum atomic E-state index is -0.614. The van der Waals surface area contributed by atoms with E-state index in [-0.39, 0.29) is 18.2 Å². The number of rotatable bonds is 2. The van der Waals surface area contributed by atoms with Gasteiger partial charge in [0.1, 0.15) is 6.04 Å². The number of aromatic nitrogens is 1. The van der Waals surface area contributed by atoms with Crippen LogP contribution < -0.4 is 5.32 Å². The van der Waals surface area contributed by atoms with Crippen molar-refractivity contribution in [3.05, 3.63) is 64.7 Å². The Balaban J connectivity index is 1.47. The lowest BCUT2D eigenvalue weighted by atomic mass is 10.0. The molecule has 0 radical (unpaired) electrons. The fraction of sp³-hybridized carbons (Fsp3) is 0.182. The van der Waals surface area contributed by atoms with Crippen LogP contribution >= 0.6 is 11.6 Å². The van der Waals surface area contributed by atoms with Crippen molar-refractivity contribution in [1.29, 1.82) is 0 Å². The van der Waals surface area contributed by atoms with Crippen molar-refractivity contribution >= 4 is 40.2 Å². The summed E-state index contributed by atoms with van der Waals surface area (Å²) in [7, 11) is 0. The SMILES string of the molecule is O=C1CCC(N2Cc3cc(-c4ccc5ccc(Cl)cc5n4)ccc3C2=O)C(=O)N1. The predicted octanol–water partition coefficient (Wildman–Crippen LogP) is 3.32. The van der Waals surface area contributed by atoms with Gasteiger partial charge in [-0.2, -0.15) is 0 Å². The third-order valence-electron chi connectivity index (χ3n) is 5.47. The lowest BCUT2D eigenvalue weighted by molar-refractivity contribution is -0.136. The van der Waals surface area contributed by atoms with E-state index >= 15 is 0 Å². The number of fused-ring (bicyclic) bond motifs is 2. The minimum Gasteiger partial charge on any atom is -0.322 e. The van der Waals surface area contributed by atoms with Crippen molar-refractivity contribution in [1.82, 2.24) is 15.2 Å². The number of piperidine rings is 1. The molecule has 1 saturated heterocycles. The first-order chi connectivity index (χ1) is 14.0. The maximum Gasteiger partial charge on any atom is 0.255 e. The normalized spacial score (nSPS) is 18.9. The molecule has 6 nitrogen and oxygen atoms in total. The molecular formula is C22H16ClN3O3. The molecule has 0 saturated carbocycles. The Labute approximate surface area is 171 Å². The minimum absolute atomic E-state index is 0.181. The summed E-state index contributed by atoms with van der Waals surface area (Å²) in [5.74, 6) is -0.879. The van der Waals surface area contributed by atoms with Gasteiger partial charge in [0.15, 0.2) is 0 Å². The van der Waals surface area contributed by atoms with Gasteiger partial charge >= 0.3 is 0 Å². The number of carbonyl (C=O) groups is 3. The lowest BCUT2D eigenvalue weighted by Gasteiger charge is -2.29. The summed E-state index contributed by atoms with van der Waals surface area (Å²) < 4.78 is 0. The molecule has 3 aromatic rings. The molecule has 1 fully saturated rings. The molecule has 1 unspecified atom stereocenters. The summed E-state index contributed by atoms with van der Waals surface area (Å²) in [4.78, 5) is 42.6. The van der Waals surface area contributed by atoms with E-state index < -0.39 is 11.9 Å². The van der Waals surface area contributed by atoms with E-state index in [4.69, 9.17) is 16.6 Å². The summed E-state index contributed by atoms with van der Waals surface area (Å²) in [5.41, 5.74) is 3.92. The van der Waals surface area contributed by atoms with Crippen LogP contribution in [0.2, 0.25) is 5.02 Å². The van der Waals surface area contributed by atoms with Gasteiger partial charge in [-0.25, -0.2) is 4.98 Å². The highest BCUT2D eigenvalue weighted by Gasteiger charge is 2.39. The summed E-state index contributed by atoms with van der Waals surface area (Å²) >= 11 is 6.08. The van der Waals surface area contributed by atoms with Gasteiger partial charge in [-0.3, -0.25) is 19.7 Å². The molecule has 7 heteroatoms. The maximum absolute atomic E-state index is 12.8. The molecule has 2 aromatic carbocycles. The number of benzene rings is 2. The second-order valence-electron chi connectivity index (χ2n) is 7.31. The second kappa shape index (κ2) is 6.67. The monoisotopic (exact) mass is 405 g/mol. The molecular weight excluding hydrogens is 390 g/mol. The number of hydrogen-bond donors (Lipinski definition) is 1. The van der Waals surface area contributed by atoms with Crippen molar-refractivity contribution in [2.75, 3.05) is 0 Å². The van der Waals surface area contributed by atoms with E-state index in [2.05, 4.69) is 5.32 Å². The fourth-order valence-corrected chi connectivity index (χ4v) is 4.15. The number of halogens is 1. The van der Waals surface area contributed by atoms with Gasteiger partial charge in [-0.15, -0.1) is 0 Å². The molecule has 3 heterocycles. The second-order valence-corrected chi connectivity index (χ2v) is 7.74. The molecule has 1 aromatic heterocycles. The topological polar surface area (TPSA) is 79.4 Å². The van der Waals surface area contributed by atoms with Gasteiger partial charge in [0.2, 0.25) is 11.8 Å². The van der Waals surface area contributed by atoms with Gasteiger partial charge in [0, 0.05) is 34.5 Å². The van der Waals surface area contributed by atoms with Gasteiger partial charge in [-0.1, -0.05) is 29.8 Å². The number of hydrogen-bond acceptors (Lipinski definition) is 4. The highest BCUT2D eigenvalue weighted by atomic mass is 35.5. The standard InChI is InChI=1S/C22H16ClN3O3/c23-15-4-1-12-3-6-17(24-18(12)10-15)13-2-5-16-14(9-13)11-26(22(16)29)19-7-8-20(27)25-21(19)28/h1-6,9-10,19H,7-8,11H2,(H,25,27,28). The van der Waals surface area contributed by atoms with Gasteiger partial charge in [0.25, 0.3) is 5.91 Å². The third-order valence-corrected chi connectivity index (χ3v) is 5.71. The van der Waals surface area contributed by atoms with E-state index in [0.29, 0.717) is 23.6 Å². The van der Waals surface area contributed by atoms with Crippen LogP contribution in [-0.4, -0.2) is 33.6 Å². The average molecular weight is 406 g/mol. The van der Waals surface area contributed by atoms with E-state index in [1.54, 1.807) is 11.0 Å². The third kappa shape index (κ3) is 3.06. The van der Waals surface area contributed by atoms with Crippen LogP contribution in [0.1, 0.15) is 28.8 Å². The van der Waals surface area contributed by atoms with Crippen LogP contribution in [0, 0.1) is 0 Å². The summed E-state index contributed by atoms with van der Waals surface area (Å²) in [6, 6.07) is 14.5. The zero-order valence-electron chi connectivity index (χ0n) is 15.3. The van der Waals surface area contributed by atoms with E-state index in [1.165, 1.54) is 0 Å². The molecule has 0 bridgehead atoms. The molecule has 3 amide bonds. The van der Waals surface area contributed by atoms with Crippen LogP contribution in [0.5, 0.6) is 0 Å². The predicted molar refractivity (Wildman–Crippen MR) is 108 cm³/mol. The smallest absolute Gasteiger partial charge is 0.255 e. The van der Waals surface area contributed by atoms with Crippen LogP contribution in [-0.2, 0) is 16.1 Å². The Morgan fingerprint density at radius 1 is 1.03 bits per heavy atom. The molecule has 1 atom stereocenters. The largest absolute Gasteiger partial charge is 0.322 e. The van der Waals surface area contributed by atoms with E-state index in [9.17, 15) is 14.4 Å².